The van der Waals surface area contributed by atoms with Gasteiger partial charge in [-0.2, -0.15) is 0 Å². The number of hydrogen-bond donors (Lipinski definition) is 0. The summed E-state index contributed by atoms with van der Waals surface area (Å²) < 4.78 is 20.0. The van der Waals surface area contributed by atoms with Gasteiger partial charge in [-0.1, -0.05) is 91.7 Å². The Morgan fingerprint density at radius 3 is 2.36 bits per heavy atom. The van der Waals surface area contributed by atoms with E-state index in [0.717, 1.165) is 42.2 Å². The molecule has 3 nitrogen and oxygen atoms in total. The predicted octanol–water partition coefficient (Wildman–Crippen LogP) is 9.25. The molecule has 0 saturated heterocycles. The van der Waals surface area contributed by atoms with Crippen LogP contribution in [0.4, 0.5) is 0 Å². The quantitative estimate of drug-likeness (QED) is 0.235. The average molecular weight is 493 g/mol. The van der Waals surface area contributed by atoms with Crippen molar-refractivity contribution in [3.63, 3.8) is 0 Å². The van der Waals surface area contributed by atoms with Crippen molar-refractivity contribution < 1.29 is 12.9 Å². The van der Waals surface area contributed by atoms with Crippen LogP contribution < -0.4 is 4.52 Å². The maximum Gasteiger partial charge on any atom is 0.387 e. The van der Waals surface area contributed by atoms with Crippen LogP contribution in [0.5, 0.6) is 0 Å². The second kappa shape index (κ2) is 9.32. The fourth-order valence-corrected chi connectivity index (χ4v) is 7.30. The molecule has 180 valence electrons. The van der Waals surface area contributed by atoms with Gasteiger partial charge in [0.1, 0.15) is 11.2 Å². The summed E-state index contributed by atoms with van der Waals surface area (Å²) in [6, 6.07) is 27.9. The molecule has 0 radical (unpaired) electrons. The molecule has 1 fully saturated rings. The van der Waals surface area contributed by atoms with E-state index in [2.05, 4.69) is 91.0 Å². The molecule has 0 amide bonds. The maximum atomic E-state index is 6.76. The highest BCUT2D eigenvalue weighted by molar-refractivity contribution is 7.31. The lowest BCUT2D eigenvalue weighted by Gasteiger charge is -2.30. The molecule has 2 aliphatic carbocycles. The standard InChI is InChI=1S/C32H29O3P/c1-2-10-22(11-3-1)25-14-8-9-17-28(25)33-36-34-29-20-18-23-12-4-6-15-26(23)31(29)32-27-16-7-5-13-24(27)19-21-30(32)35-36/h1-7,10-12,15,18-21,25,28H,8-9,13-14,16-17H2/t25-,28+,36?/m0/s1. The third-order valence-corrected chi connectivity index (χ3v) is 8.97. The monoisotopic (exact) mass is 492 g/mol. The van der Waals surface area contributed by atoms with Crippen molar-refractivity contribution >= 4 is 41.0 Å². The van der Waals surface area contributed by atoms with E-state index in [9.17, 15) is 0 Å². The van der Waals surface area contributed by atoms with E-state index in [-0.39, 0.29) is 6.10 Å². The van der Waals surface area contributed by atoms with Crippen LogP contribution in [0.3, 0.4) is 0 Å². The van der Waals surface area contributed by atoms with Crippen LogP contribution in [-0.4, -0.2) is 6.10 Å². The molecule has 0 N–H and O–H groups in total. The Bertz CT molecular complexity index is 1630. The van der Waals surface area contributed by atoms with Gasteiger partial charge < -0.3 is 8.39 Å². The van der Waals surface area contributed by atoms with Crippen molar-refractivity contribution in [2.24, 2.45) is 0 Å². The van der Waals surface area contributed by atoms with E-state index in [4.69, 9.17) is 12.9 Å². The first-order chi connectivity index (χ1) is 17.8. The van der Waals surface area contributed by atoms with Crippen LogP contribution in [0.1, 0.15) is 48.3 Å². The van der Waals surface area contributed by atoms with Crippen LogP contribution in [0.2, 0.25) is 0 Å². The minimum atomic E-state index is -1.60. The van der Waals surface area contributed by atoms with Crippen molar-refractivity contribution in [1.29, 1.82) is 0 Å². The first-order valence-electron chi connectivity index (χ1n) is 13.0. The molecule has 36 heavy (non-hydrogen) atoms. The zero-order chi connectivity index (χ0) is 23.9. The van der Waals surface area contributed by atoms with Crippen molar-refractivity contribution in [3.8, 4) is 0 Å². The van der Waals surface area contributed by atoms with E-state index in [0.29, 0.717) is 5.92 Å². The Balaban J connectivity index is 1.45. The highest BCUT2D eigenvalue weighted by Gasteiger charge is 2.29. The van der Waals surface area contributed by atoms with Crippen LogP contribution in [-0.2, 0) is 12.8 Å². The van der Waals surface area contributed by atoms with Gasteiger partial charge in [0.15, 0.2) is 0 Å². The molecule has 1 aromatic heterocycles. The highest BCUT2D eigenvalue weighted by Crippen LogP contribution is 2.43. The van der Waals surface area contributed by atoms with Crippen LogP contribution in [0.15, 0.2) is 99.4 Å². The zero-order valence-electron chi connectivity index (χ0n) is 20.2. The number of benzene rings is 4. The average Bonchev–Trinajstić information content (AvgIpc) is 3.10. The highest BCUT2D eigenvalue weighted by atomic mass is 31.1. The molecule has 0 bridgehead atoms. The van der Waals surface area contributed by atoms with E-state index >= 15 is 0 Å². The summed E-state index contributed by atoms with van der Waals surface area (Å²) in [5, 5.41) is 4.70. The minimum Gasteiger partial charge on any atom is -0.399 e. The fourth-order valence-electron chi connectivity index (χ4n) is 6.08. The second-order valence-electron chi connectivity index (χ2n) is 9.97. The lowest BCUT2D eigenvalue weighted by atomic mass is 9.82. The predicted molar refractivity (Wildman–Crippen MR) is 148 cm³/mol. The number of rotatable bonds is 3. The third-order valence-electron chi connectivity index (χ3n) is 7.84. The number of fused-ring (bicyclic) bond motifs is 7. The van der Waals surface area contributed by atoms with Crippen molar-refractivity contribution in [2.75, 3.05) is 0 Å². The van der Waals surface area contributed by atoms with Gasteiger partial charge in [0, 0.05) is 16.7 Å². The van der Waals surface area contributed by atoms with E-state index in [1.807, 2.05) is 0 Å². The van der Waals surface area contributed by atoms with Gasteiger partial charge in [-0.15, -0.1) is 0 Å². The van der Waals surface area contributed by atoms with Crippen LogP contribution in [0, 0.1) is 0 Å². The van der Waals surface area contributed by atoms with Gasteiger partial charge in [0.05, 0.1) is 6.10 Å². The largest absolute Gasteiger partial charge is 0.399 e. The molecule has 7 rings (SSSR count). The van der Waals surface area contributed by atoms with Gasteiger partial charge in [-0.3, -0.25) is 4.52 Å². The van der Waals surface area contributed by atoms with Gasteiger partial charge in [-0.05, 0) is 65.3 Å². The van der Waals surface area contributed by atoms with E-state index in [1.165, 1.54) is 45.7 Å². The Kier molecular flexibility index (Phi) is 5.69. The minimum absolute atomic E-state index is 0.0817. The van der Waals surface area contributed by atoms with Gasteiger partial charge in [0.2, 0.25) is 0 Å². The Hall–Kier alpha value is -3.26. The molecule has 4 heteroatoms. The van der Waals surface area contributed by atoms with Crippen LogP contribution >= 0.6 is 8.24 Å². The lowest BCUT2D eigenvalue weighted by molar-refractivity contribution is 0.172. The topological polar surface area (TPSA) is 35.5 Å². The Labute approximate surface area is 212 Å². The van der Waals surface area contributed by atoms with Crippen molar-refractivity contribution in [2.45, 2.75) is 50.5 Å². The van der Waals surface area contributed by atoms with Crippen molar-refractivity contribution in [3.05, 3.63) is 108 Å². The number of hydrogen-bond acceptors (Lipinski definition) is 3. The van der Waals surface area contributed by atoms with Crippen molar-refractivity contribution in [1.82, 2.24) is 0 Å². The molecule has 1 unspecified atom stereocenters. The summed E-state index contributed by atoms with van der Waals surface area (Å²) in [4.78, 5) is 0. The molecule has 2 aliphatic rings. The van der Waals surface area contributed by atoms with Gasteiger partial charge in [0.25, 0.3) is 0 Å². The normalized spacial score (nSPS) is 20.1. The summed E-state index contributed by atoms with van der Waals surface area (Å²) in [5.74, 6) is 0.363. The summed E-state index contributed by atoms with van der Waals surface area (Å²) in [7, 11) is -1.60. The SMILES string of the molecule is C1=CCc2c(ccc3op(O[C@@H]4CCCC[C@H]4c4ccccc4)oc4ccc5ccccc5c4c23)C1. The molecule has 3 atom stereocenters. The molecule has 0 spiro atoms. The molecule has 4 aromatic carbocycles. The molecule has 1 saturated carbocycles. The van der Waals surface area contributed by atoms with Gasteiger partial charge >= 0.3 is 8.24 Å². The summed E-state index contributed by atoms with van der Waals surface area (Å²) in [6.07, 6.45) is 11.0. The third kappa shape index (κ3) is 3.88. The van der Waals surface area contributed by atoms with Crippen LogP contribution in [0.25, 0.3) is 32.7 Å². The Morgan fingerprint density at radius 1 is 0.694 bits per heavy atom. The number of allylic oxidation sites excluding steroid dienone is 2. The molecule has 5 aromatic rings. The molecular formula is C32H29O3P. The lowest BCUT2D eigenvalue weighted by Crippen LogP contribution is -2.27. The first-order valence-corrected chi connectivity index (χ1v) is 14.1. The molecular weight excluding hydrogens is 463 g/mol. The zero-order valence-corrected chi connectivity index (χ0v) is 21.1. The molecule has 0 aliphatic heterocycles. The summed E-state index contributed by atoms with van der Waals surface area (Å²) in [6.45, 7) is 0. The summed E-state index contributed by atoms with van der Waals surface area (Å²) in [5.41, 5.74) is 5.78. The first kappa shape index (κ1) is 22.0. The van der Waals surface area contributed by atoms with Gasteiger partial charge in [-0.25, -0.2) is 0 Å². The maximum absolute atomic E-state index is 6.76. The Morgan fingerprint density at radius 2 is 1.44 bits per heavy atom. The second-order valence-corrected chi connectivity index (χ2v) is 11.0. The fraction of sp³-hybridized carbons (Fsp3) is 0.250. The van der Waals surface area contributed by atoms with E-state index < -0.39 is 8.24 Å². The molecule has 1 heterocycles. The summed E-state index contributed by atoms with van der Waals surface area (Å²) >= 11 is 0. The van der Waals surface area contributed by atoms with E-state index in [1.54, 1.807) is 0 Å². The smallest absolute Gasteiger partial charge is 0.387 e.